The number of piperazine rings is 1. The van der Waals surface area contributed by atoms with Gasteiger partial charge in [-0.1, -0.05) is 42.3 Å². The number of aromatic nitrogens is 5. The zero-order valence-electron chi connectivity index (χ0n) is 22.8. The summed E-state index contributed by atoms with van der Waals surface area (Å²) < 4.78 is 1.91. The lowest BCUT2D eigenvalue weighted by Crippen LogP contribution is -2.49. The number of hydrogen-bond donors (Lipinski definition) is 1. The second-order valence-electron chi connectivity index (χ2n) is 11.1. The number of aryl methyl sites for hydroxylation is 2. The third kappa shape index (κ3) is 5.25. The molecule has 0 amide bonds. The first-order valence-corrected chi connectivity index (χ1v) is 13.7. The number of tetrazole rings is 1. The molecule has 38 heavy (non-hydrogen) atoms. The number of benzene rings is 2. The second kappa shape index (κ2) is 10.6. The maximum absolute atomic E-state index is 13.6. The minimum atomic E-state index is -0.359. The summed E-state index contributed by atoms with van der Waals surface area (Å²) in [5, 5.41) is 14.8. The third-order valence-corrected chi connectivity index (χ3v) is 8.14. The second-order valence-corrected chi connectivity index (χ2v) is 11.5. The molecule has 0 radical (unpaired) electrons. The first kappa shape index (κ1) is 26.5. The SMILES string of the molecule is CCC(C)(C)n1nnnc1[C@@H](c1cc2cc(C)cc(C)c2[nH]c1=O)N1CCN(Cc2ccc(Cl)cc2)CC1. The Balaban J connectivity index is 1.52. The lowest BCUT2D eigenvalue weighted by atomic mass is 9.98. The van der Waals surface area contributed by atoms with E-state index in [1.54, 1.807) is 0 Å². The molecule has 1 aliphatic heterocycles. The van der Waals surface area contributed by atoms with E-state index in [4.69, 9.17) is 11.6 Å². The van der Waals surface area contributed by atoms with Crippen LogP contribution in [-0.2, 0) is 12.1 Å². The highest BCUT2D eigenvalue weighted by Crippen LogP contribution is 2.32. The molecule has 9 heteroatoms. The summed E-state index contributed by atoms with van der Waals surface area (Å²) >= 11 is 6.07. The number of aromatic amines is 1. The topological polar surface area (TPSA) is 82.9 Å². The maximum Gasteiger partial charge on any atom is 0.253 e. The molecule has 0 unspecified atom stereocenters. The summed E-state index contributed by atoms with van der Waals surface area (Å²) in [5.74, 6) is 0.706. The van der Waals surface area contributed by atoms with Crippen LogP contribution < -0.4 is 5.56 Å². The largest absolute Gasteiger partial charge is 0.321 e. The zero-order chi connectivity index (χ0) is 27.0. The van der Waals surface area contributed by atoms with Crippen molar-refractivity contribution in [1.29, 1.82) is 0 Å². The van der Waals surface area contributed by atoms with Gasteiger partial charge in [0, 0.05) is 43.3 Å². The molecular weight excluding hydrogens is 498 g/mol. The van der Waals surface area contributed by atoms with Gasteiger partial charge in [-0.3, -0.25) is 14.6 Å². The summed E-state index contributed by atoms with van der Waals surface area (Å²) in [5.41, 5.74) is 4.64. The van der Waals surface area contributed by atoms with Crippen LogP contribution in [0.2, 0.25) is 5.02 Å². The normalized spacial score (nSPS) is 16.3. The van der Waals surface area contributed by atoms with Gasteiger partial charge in [-0.05, 0) is 85.3 Å². The molecule has 2 aromatic heterocycles. The van der Waals surface area contributed by atoms with Gasteiger partial charge in [0.2, 0.25) is 0 Å². The fourth-order valence-electron chi connectivity index (χ4n) is 5.38. The van der Waals surface area contributed by atoms with E-state index in [1.807, 2.05) is 29.8 Å². The Morgan fingerprint density at radius 1 is 1.05 bits per heavy atom. The van der Waals surface area contributed by atoms with Crippen molar-refractivity contribution in [1.82, 2.24) is 35.0 Å². The van der Waals surface area contributed by atoms with Gasteiger partial charge in [0.25, 0.3) is 5.56 Å². The number of pyridine rings is 1. The summed E-state index contributed by atoms with van der Waals surface area (Å²) in [6, 6.07) is 13.9. The van der Waals surface area contributed by atoms with Crippen LogP contribution in [0.3, 0.4) is 0 Å². The number of hydrogen-bond acceptors (Lipinski definition) is 6. The molecule has 5 rings (SSSR count). The molecule has 4 aromatic rings. The van der Waals surface area contributed by atoms with Gasteiger partial charge in [-0.25, -0.2) is 4.68 Å². The van der Waals surface area contributed by atoms with Crippen molar-refractivity contribution >= 4 is 22.5 Å². The van der Waals surface area contributed by atoms with E-state index in [9.17, 15) is 4.79 Å². The Morgan fingerprint density at radius 3 is 2.45 bits per heavy atom. The van der Waals surface area contributed by atoms with E-state index >= 15 is 0 Å². The van der Waals surface area contributed by atoms with E-state index in [-0.39, 0.29) is 17.1 Å². The Kier molecular flexibility index (Phi) is 7.40. The van der Waals surface area contributed by atoms with Crippen LogP contribution in [0.1, 0.15) is 61.3 Å². The molecule has 1 atom stereocenters. The van der Waals surface area contributed by atoms with Crippen LogP contribution in [0.25, 0.3) is 10.9 Å². The van der Waals surface area contributed by atoms with Gasteiger partial charge in [0.15, 0.2) is 5.82 Å². The van der Waals surface area contributed by atoms with Crippen molar-refractivity contribution in [3.63, 3.8) is 0 Å². The summed E-state index contributed by atoms with van der Waals surface area (Å²) in [7, 11) is 0. The van der Waals surface area contributed by atoms with Gasteiger partial charge in [-0.15, -0.1) is 5.10 Å². The van der Waals surface area contributed by atoms with Gasteiger partial charge >= 0.3 is 0 Å². The number of nitrogens with one attached hydrogen (secondary N) is 1. The average molecular weight is 534 g/mol. The molecule has 1 N–H and O–H groups in total. The average Bonchev–Trinajstić information content (AvgIpc) is 3.38. The number of H-pyrrole nitrogens is 1. The maximum atomic E-state index is 13.6. The predicted molar refractivity (Wildman–Crippen MR) is 152 cm³/mol. The summed E-state index contributed by atoms with van der Waals surface area (Å²) in [6.45, 7) is 14.7. The molecule has 0 spiro atoms. The quantitative estimate of drug-likeness (QED) is 0.366. The van der Waals surface area contributed by atoms with Gasteiger partial charge in [0.1, 0.15) is 6.04 Å². The van der Waals surface area contributed by atoms with Crippen LogP contribution in [0.5, 0.6) is 0 Å². The predicted octanol–water partition coefficient (Wildman–Crippen LogP) is 4.84. The minimum Gasteiger partial charge on any atom is -0.321 e. The van der Waals surface area contributed by atoms with E-state index in [1.165, 1.54) is 5.56 Å². The highest BCUT2D eigenvalue weighted by atomic mass is 35.5. The summed E-state index contributed by atoms with van der Waals surface area (Å²) in [4.78, 5) is 21.6. The smallest absolute Gasteiger partial charge is 0.253 e. The van der Waals surface area contributed by atoms with Crippen molar-refractivity contribution < 1.29 is 0 Å². The molecule has 0 aliphatic carbocycles. The van der Waals surface area contributed by atoms with E-state index in [0.717, 1.165) is 66.2 Å². The molecule has 200 valence electrons. The van der Waals surface area contributed by atoms with Crippen LogP contribution >= 0.6 is 11.6 Å². The van der Waals surface area contributed by atoms with Crippen molar-refractivity contribution in [3.8, 4) is 0 Å². The lowest BCUT2D eigenvalue weighted by molar-refractivity contribution is 0.0968. The van der Waals surface area contributed by atoms with E-state index < -0.39 is 0 Å². The van der Waals surface area contributed by atoms with Crippen LogP contribution in [0, 0.1) is 13.8 Å². The molecule has 0 bridgehead atoms. The zero-order valence-corrected chi connectivity index (χ0v) is 23.6. The molecule has 1 fully saturated rings. The Labute approximate surface area is 228 Å². The first-order valence-electron chi connectivity index (χ1n) is 13.3. The van der Waals surface area contributed by atoms with Crippen LogP contribution in [-0.4, -0.2) is 61.2 Å². The fourth-order valence-corrected chi connectivity index (χ4v) is 5.51. The molecule has 2 aromatic carbocycles. The number of nitrogens with zero attached hydrogens (tertiary/aromatic N) is 6. The van der Waals surface area contributed by atoms with E-state index in [2.05, 4.69) is 82.3 Å². The number of rotatable bonds is 7. The van der Waals surface area contributed by atoms with Crippen LogP contribution in [0.15, 0.2) is 47.3 Å². The Morgan fingerprint density at radius 2 is 1.76 bits per heavy atom. The fraction of sp³-hybridized carbons (Fsp3) is 0.448. The minimum absolute atomic E-state index is 0.0955. The molecular formula is C29H36ClN7O. The third-order valence-electron chi connectivity index (χ3n) is 7.88. The van der Waals surface area contributed by atoms with Gasteiger partial charge in [0.05, 0.1) is 11.1 Å². The monoisotopic (exact) mass is 533 g/mol. The molecule has 3 heterocycles. The standard InChI is InChI=1S/C29H36ClN7O/c1-6-29(4,5)37-27(32-33-34-37)26(24-17-22-16-19(2)15-20(3)25(22)31-28(24)38)36-13-11-35(12-14-36)18-21-7-9-23(30)10-8-21/h7-10,15-17,26H,6,11-14,18H2,1-5H3,(H,31,38)/t26-/m1/s1. The highest BCUT2D eigenvalue weighted by Gasteiger charge is 2.35. The van der Waals surface area contributed by atoms with Crippen molar-refractivity contribution in [3.05, 3.63) is 85.9 Å². The molecule has 8 nitrogen and oxygen atoms in total. The van der Waals surface area contributed by atoms with Gasteiger partial charge < -0.3 is 4.98 Å². The van der Waals surface area contributed by atoms with Crippen molar-refractivity contribution in [2.45, 2.75) is 59.2 Å². The highest BCUT2D eigenvalue weighted by molar-refractivity contribution is 6.30. The molecule has 0 saturated carbocycles. The van der Waals surface area contributed by atoms with Crippen molar-refractivity contribution in [2.75, 3.05) is 26.2 Å². The molecule has 1 aliphatic rings. The Hall–Kier alpha value is -3.07. The van der Waals surface area contributed by atoms with Crippen molar-refractivity contribution in [2.24, 2.45) is 0 Å². The first-order chi connectivity index (χ1) is 18.2. The molecule has 1 saturated heterocycles. The van der Waals surface area contributed by atoms with Crippen LogP contribution in [0.4, 0.5) is 0 Å². The lowest BCUT2D eigenvalue weighted by Gasteiger charge is -2.39. The summed E-state index contributed by atoms with van der Waals surface area (Å²) in [6.07, 6.45) is 0.860. The number of halogens is 1. The van der Waals surface area contributed by atoms with Gasteiger partial charge in [-0.2, -0.15) is 0 Å². The van der Waals surface area contributed by atoms with E-state index in [0.29, 0.717) is 11.4 Å². The Bertz CT molecular complexity index is 1480. The number of fused-ring (bicyclic) bond motifs is 1.